The van der Waals surface area contributed by atoms with Gasteiger partial charge in [0.1, 0.15) is 5.82 Å². The molecule has 1 atom stereocenters. The van der Waals surface area contributed by atoms with Gasteiger partial charge in [-0.15, -0.1) is 0 Å². The largest absolute Gasteiger partial charge is 0.344 e. The van der Waals surface area contributed by atoms with E-state index in [0.29, 0.717) is 12.5 Å². The van der Waals surface area contributed by atoms with Crippen LogP contribution in [0.5, 0.6) is 0 Å². The van der Waals surface area contributed by atoms with Crippen molar-refractivity contribution in [2.24, 2.45) is 7.05 Å². The Balaban J connectivity index is 2.22. The minimum Gasteiger partial charge on any atom is -0.344 e. The second-order valence-corrected chi connectivity index (χ2v) is 5.99. The maximum atomic E-state index is 11.2. The van der Waals surface area contributed by atoms with Gasteiger partial charge in [-0.25, -0.2) is 9.97 Å². The van der Waals surface area contributed by atoms with E-state index in [2.05, 4.69) is 23.8 Å². The molecular formula is C14H20N4OS. The molecule has 0 aliphatic carbocycles. The van der Waals surface area contributed by atoms with E-state index < -0.39 is 0 Å². The Bertz CT molecular complexity index is 590. The van der Waals surface area contributed by atoms with Gasteiger partial charge in [0.15, 0.2) is 11.4 Å². The molecule has 2 aromatic rings. The number of aldehydes is 1. The van der Waals surface area contributed by atoms with Crippen molar-refractivity contribution < 1.29 is 4.79 Å². The third kappa shape index (κ3) is 2.90. The molecule has 20 heavy (non-hydrogen) atoms. The molecule has 0 saturated carbocycles. The molecule has 0 fully saturated rings. The third-order valence-corrected chi connectivity index (χ3v) is 4.59. The molecule has 2 aromatic heterocycles. The SMILES string of the molecule is CCC(C)c1nc(N(C)Cc2nccn2C)sc1C=O. The van der Waals surface area contributed by atoms with Crippen LogP contribution in [0.4, 0.5) is 5.13 Å². The molecule has 0 amide bonds. The molecule has 0 aliphatic rings. The average Bonchev–Trinajstić information content (AvgIpc) is 3.04. The molecule has 0 aromatic carbocycles. The maximum Gasteiger partial charge on any atom is 0.186 e. The van der Waals surface area contributed by atoms with Crippen molar-refractivity contribution in [3.63, 3.8) is 0 Å². The van der Waals surface area contributed by atoms with E-state index in [1.54, 1.807) is 6.20 Å². The Labute approximate surface area is 123 Å². The van der Waals surface area contributed by atoms with E-state index in [1.165, 1.54) is 11.3 Å². The molecule has 0 radical (unpaired) electrons. The van der Waals surface area contributed by atoms with Gasteiger partial charge in [-0.3, -0.25) is 4.79 Å². The van der Waals surface area contributed by atoms with Crippen molar-refractivity contribution in [3.8, 4) is 0 Å². The molecule has 2 rings (SSSR count). The van der Waals surface area contributed by atoms with Gasteiger partial charge in [-0.2, -0.15) is 0 Å². The molecule has 108 valence electrons. The standard InChI is InChI=1S/C14H20N4OS/c1-5-10(2)13-11(9-19)20-14(16-13)18(4)8-12-15-6-7-17(12)3/h6-7,9-10H,5,8H2,1-4H3. The first-order valence-corrected chi connectivity index (χ1v) is 7.51. The summed E-state index contributed by atoms with van der Waals surface area (Å²) in [4.78, 5) is 22.9. The molecule has 0 N–H and O–H groups in total. The molecule has 2 heterocycles. The van der Waals surface area contributed by atoms with Gasteiger partial charge in [0.25, 0.3) is 0 Å². The van der Waals surface area contributed by atoms with E-state index in [-0.39, 0.29) is 0 Å². The fourth-order valence-electron chi connectivity index (χ4n) is 1.95. The van der Waals surface area contributed by atoms with Crippen molar-refractivity contribution in [2.45, 2.75) is 32.7 Å². The van der Waals surface area contributed by atoms with E-state index in [1.807, 2.05) is 29.8 Å². The number of anilines is 1. The summed E-state index contributed by atoms with van der Waals surface area (Å²) in [6.07, 6.45) is 5.60. The summed E-state index contributed by atoms with van der Waals surface area (Å²) in [6, 6.07) is 0. The van der Waals surface area contributed by atoms with Crippen LogP contribution in [-0.2, 0) is 13.6 Å². The summed E-state index contributed by atoms with van der Waals surface area (Å²) < 4.78 is 1.99. The van der Waals surface area contributed by atoms with Crippen LogP contribution in [0, 0.1) is 0 Å². The van der Waals surface area contributed by atoms with Gasteiger partial charge in [-0.1, -0.05) is 25.2 Å². The zero-order valence-corrected chi connectivity index (χ0v) is 13.1. The molecule has 6 heteroatoms. The number of hydrogen-bond donors (Lipinski definition) is 0. The van der Waals surface area contributed by atoms with Crippen LogP contribution in [0.2, 0.25) is 0 Å². The number of nitrogens with zero attached hydrogens (tertiary/aromatic N) is 4. The fraction of sp³-hybridized carbons (Fsp3) is 0.500. The van der Waals surface area contributed by atoms with Crippen molar-refractivity contribution in [1.82, 2.24) is 14.5 Å². The summed E-state index contributed by atoms with van der Waals surface area (Å²) in [5.41, 5.74) is 0.911. The second kappa shape index (κ2) is 6.17. The zero-order valence-electron chi connectivity index (χ0n) is 12.3. The predicted octanol–water partition coefficient (Wildman–Crippen LogP) is 2.84. The highest BCUT2D eigenvalue weighted by Gasteiger charge is 2.18. The van der Waals surface area contributed by atoms with E-state index in [0.717, 1.165) is 34.2 Å². The Morgan fingerprint density at radius 2 is 2.30 bits per heavy atom. The summed E-state index contributed by atoms with van der Waals surface area (Å²) in [7, 11) is 3.95. The van der Waals surface area contributed by atoms with Crippen molar-refractivity contribution in [1.29, 1.82) is 0 Å². The van der Waals surface area contributed by atoms with E-state index in [4.69, 9.17) is 0 Å². The molecule has 1 unspecified atom stereocenters. The minimum atomic E-state index is 0.307. The lowest BCUT2D eigenvalue weighted by Gasteiger charge is -2.15. The maximum absolute atomic E-state index is 11.2. The topological polar surface area (TPSA) is 51.0 Å². The number of thiazole rings is 1. The van der Waals surface area contributed by atoms with Crippen LogP contribution in [-0.4, -0.2) is 27.9 Å². The van der Waals surface area contributed by atoms with Gasteiger partial charge in [0, 0.05) is 26.5 Å². The first-order chi connectivity index (χ1) is 9.56. The zero-order chi connectivity index (χ0) is 14.7. The van der Waals surface area contributed by atoms with Crippen LogP contribution in [0.3, 0.4) is 0 Å². The van der Waals surface area contributed by atoms with Gasteiger partial charge in [-0.05, 0) is 12.3 Å². The summed E-state index contributed by atoms with van der Waals surface area (Å²) in [5, 5.41) is 0.866. The number of aromatic nitrogens is 3. The van der Waals surface area contributed by atoms with Crippen molar-refractivity contribution in [2.75, 3.05) is 11.9 Å². The normalized spacial score (nSPS) is 12.4. The highest BCUT2D eigenvalue weighted by atomic mass is 32.1. The number of imidazole rings is 1. The van der Waals surface area contributed by atoms with Crippen LogP contribution in [0.25, 0.3) is 0 Å². The van der Waals surface area contributed by atoms with E-state index >= 15 is 0 Å². The van der Waals surface area contributed by atoms with Crippen LogP contribution < -0.4 is 4.90 Å². The Morgan fingerprint density at radius 1 is 1.55 bits per heavy atom. The average molecular weight is 292 g/mol. The second-order valence-electron chi connectivity index (χ2n) is 4.98. The third-order valence-electron chi connectivity index (χ3n) is 3.48. The minimum absolute atomic E-state index is 0.307. The summed E-state index contributed by atoms with van der Waals surface area (Å²) >= 11 is 1.45. The van der Waals surface area contributed by atoms with Gasteiger partial charge >= 0.3 is 0 Å². The first-order valence-electron chi connectivity index (χ1n) is 6.70. The number of carbonyl (C=O) groups excluding carboxylic acids is 1. The fourth-order valence-corrected chi connectivity index (χ4v) is 2.91. The molecule has 0 aliphatic heterocycles. The molecule has 5 nitrogen and oxygen atoms in total. The monoisotopic (exact) mass is 292 g/mol. The summed E-state index contributed by atoms with van der Waals surface area (Å²) in [6.45, 7) is 4.88. The predicted molar refractivity (Wildman–Crippen MR) is 81.5 cm³/mol. The highest BCUT2D eigenvalue weighted by Crippen LogP contribution is 2.31. The van der Waals surface area contributed by atoms with Crippen LogP contribution >= 0.6 is 11.3 Å². The lowest BCUT2D eigenvalue weighted by Crippen LogP contribution is -2.18. The molecular weight excluding hydrogens is 272 g/mol. The molecule has 0 saturated heterocycles. The molecule has 0 bridgehead atoms. The van der Waals surface area contributed by atoms with Crippen molar-refractivity contribution >= 4 is 22.8 Å². The van der Waals surface area contributed by atoms with Crippen molar-refractivity contribution in [3.05, 3.63) is 28.8 Å². The number of carbonyl (C=O) groups is 1. The molecule has 0 spiro atoms. The van der Waals surface area contributed by atoms with Gasteiger partial charge in [0.05, 0.1) is 17.1 Å². The van der Waals surface area contributed by atoms with Crippen LogP contribution in [0.15, 0.2) is 12.4 Å². The lowest BCUT2D eigenvalue weighted by molar-refractivity contribution is 0.112. The Kier molecular flexibility index (Phi) is 4.54. The Morgan fingerprint density at radius 3 is 2.85 bits per heavy atom. The number of hydrogen-bond acceptors (Lipinski definition) is 5. The Hall–Kier alpha value is -1.69. The summed E-state index contributed by atoms with van der Waals surface area (Å²) in [5.74, 6) is 1.28. The van der Waals surface area contributed by atoms with Gasteiger partial charge < -0.3 is 9.47 Å². The van der Waals surface area contributed by atoms with E-state index in [9.17, 15) is 4.79 Å². The quantitative estimate of drug-likeness (QED) is 0.768. The smallest absolute Gasteiger partial charge is 0.186 e. The lowest BCUT2D eigenvalue weighted by atomic mass is 10.0. The first kappa shape index (κ1) is 14.7. The van der Waals surface area contributed by atoms with Gasteiger partial charge in [0.2, 0.25) is 0 Å². The number of aryl methyl sites for hydroxylation is 1. The van der Waals surface area contributed by atoms with Crippen LogP contribution in [0.1, 0.15) is 47.4 Å². The highest BCUT2D eigenvalue weighted by molar-refractivity contribution is 7.17. The number of rotatable bonds is 6.